The van der Waals surface area contributed by atoms with E-state index in [0.29, 0.717) is 12.1 Å². The zero-order valence-electron chi connectivity index (χ0n) is 11.6. The third-order valence-electron chi connectivity index (χ3n) is 3.05. The Kier molecular flexibility index (Phi) is 6.20. The summed E-state index contributed by atoms with van der Waals surface area (Å²) in [5.74, 6) is 0.797. The average Bonchev–Trinajstić information content (AvgIpc) is 2.61. The molecule has 1 saturated heterocycles. The Hall–Kier alpha value is -0.350. The van der Waals surface area contributed by atoms with Gasteiger partial charge in [-0.15, -0.1) is 0 Å². The first-order valence-electron chi connectivity index (χ1n) is 6.76. The largest absolute Gasteiger partial charge is 0.361 e. The molecular formula is C13H27N3S. The fourth-order valence-corrected chi connectivity index (χ4v) is 2.49. The van der Waals surface area contributed by atoms with Gasteiger partial charge in [0.25, 0.3) is 0 Å². The molecule has 3 nitrogen and oxygen atoms in total. The maximum atomic E-state index is 5.27. The second-order valence-electron chi connectivity index (χ2n) is 5.74. The van der Waals surface area contributed by atoms with Crippen molar-refractivity contribution >= 4 is 17.3 Å². The van der Waals surface area contributed by atoms with Gasteiger partial charge in [-0.1, -0.05) is 13.8 Å². The quantitative estimate of drug-likeness (QED) is 0.737. The van der Waals surface area contributed by atoms with Crippen molar-refractivity contribution in [2.24, 2.45) is 5.92 Å². The molecule has 0 aromatic heterocycles. The Morgan fingerprint density at radius 1 is 1.35 bits per heavy atom. The molecule has 0 aliphatic carbocycles. The highest BCUT2D eigenvalue weighted by molar-refractivity contribution is 7.80. The molecule has 0 bridgehead atoms. The molecule has 4 heteroatoms. The van der Waals surface area contributed by atoms with E-state index in [1.165, 1.54) is 25.9 Å². The molecule has 1 aliphatic heterocycles. The first-order valence-corrected chi connectivity index (χ1v) is 7.17. The summed E-state index contributed by atoms with van der Waals surface area (Å²) in [6.07, 6.45) is 2.50. The first kappa shape index (κ1) is 14.7. The summed E-state index contributed by atoms with van der Waals surface area (Å²) in [7, 11) is 0. The van der Waals surface area contributed by atoms with E-state index in [1.807, 2.05) is 0 Å². The Morgan fingerprint density at radius 3 is 2.65 bits per heavy atom. The second-order valence-corrected chi connectivity index (χ2v) is 6.15. The molecule has 1 atom stereocenters. The van der Waals surface area contributed by atoms with Gasteiger partial charge < -0.3 is 15.5 Å². The van der Waals surface area contributed by atoms with Gasteiger partial charge in [0, 0.05) is 25.2 Å². The number of rotatable bonds is 5. The third-order valence-corrected chi connectivity index (χ3v) is 3.29. The third kappa shape index (κ3) is 6.22. The summed E-state index contributed by atoms with van der Waals surface area (Å²) < 4.78 is 0. The fourth-order valence-electron chi connectivity index (χ4n) is 2.08. The molecule has 17 heavy (non-hydrogen) atoms. The van der Waals surface area contributed by atoms with Crippen LogP contribution < -0.4 is 10.6 Å². The maximum absolute atomic E-state index is 5.27. The van der Waals surface area contributed by atoms with Crippen LogP contribution in [0.1, 0.15) is 40.5 Å². The molecule has 0 aromatic carbocycles. The van der Waals surface area contributed by atoms with Crippen LogP contribution in [-0.4, -0.2) is 41.7 Å². The monoisotopic (exact) mass is 257 g/mol. The van der Waals surface area contributed by atoms with Crippen LogP contribution in [-0.2, 0) is 0 Å². The summed E-state index contributed by atoms with van der Waals surface area (Å²) in [4.78, 5) is 2.54. The number of hydrogen-bond acceptors (Lipinski definition) is 2. The van der Waals surface area contributed by atoms with Crippen LogP contribution in [0.2, 0.25) is 0 Å². The van der Waals surface area contributed by atoms with Crippen LogP contribution in [0, 0.1) is 5.92 Å². The molecule has 0 saturated carbocycles. The van der Waals surface area contributed by atoms with E-state index < -0.39 is 0 Å². The van der Waals surface area contributed by atoms with E-state index in [0.717, 1.165) is 17.6 Å². The van der Waals surface area contributed by atoms with E-state index in [4.69, 9.17) is 12.2 Å². The van der Waals surface area contributed by atoms with Crippen molar-refractivity contribution < 1.29 is 0 Å². The van der Waals surface area contributed by atoms with Gasteiger partial charge in [0.1, 0.15) is 0 Å². The van der Waals surface area contributed by atoms with Gasteiger partial charge in [-0.25, -0.2) is 0 Å². The smallest absolute Gasteiger partial charge is 0.166 e. The fraction of sp³-hybridized carbons (Fsp3) is 0.923. The SMILES string of the molecule is CC(C)CCN1CC[C@@H](NC(=S)NC(C)C)C1. The van der Waals surface area contributed by atoms with Gasteiger partial charge in [-0.2, -0.15) is 0 Å². The van der Waals surface area contributed by atoms with Gasteiger partial charge >= 0.3 is 0 Å². The van der Waals surface area contributed by atoms with Gasteiger partial charge in [-0.3, -0.25) is 0 Å². The lowest BCUT2D eigenvalue weighted by Crippen LogP contribution is -2.45. The Morgan fingerprint density at radius 2 is 2.06 bits per heavy atom. The first-order chi connectivity index (χ1) is 7.97. The molecule has 1 aliphatic rings. The summed E-state index contributed by atoms with van der Waals surface area (Å²) >= 11 is 5.27. The van der Waals surface area contributed by atoms with Crippen molar-refractivity contribution in [3.8, 4) is 0 Å². The van der Waals surface area contributed by atoms with Gasteiger partial charge in [0.2, 0.25) is 0 Å². The van der Waals surface area contributed by atoms with Crippen molar-refractivity contribution in [1.82, 2.24) is 15.5 Å². The number of nitrogens with zero attached hydrogens (tertiary/aromatic N) is 1. The summed E-state index contributed by atoms with van der Waals surface area (Å²) in [5.41, 5.74) is 0. The molecule has 1 heterocycles. The van der Waals surface area contributed by atoms with Crippen LogP contribution in [0.15, 0.2) is 0 Å². The number of hydrogen-bond donors (Lipinski definition) is 2. The highest BCUT2D eigenvalue weighted by Gasteiger charge is 2.22. The van der Waals surface area contributed by atoms with Crippen molar-refractivity contribution in [2.75, 3.05) is 19.6 Å². The molecule has 1 rings (SSSR count). The van der Waals surface area contributed by atoms with E-state index in [-0.39, 0.29) is 0 Å². The topological polar surface area (TPSA) is 27.3 Å². The molecule has 0 unspecified atom stereocenters. The van der Waals surface area contributed by atoms with Crippen molar-refractivity contribution in [2.45, 2.75) is 52.6 Å². The Bertz CT molecular complexity index is 241. The molecule has 100 valence electrons. The highest BCUT2D eigenvalue weighted by atomic mass is 32.1. The number of thiocarbonyl (C=S) groups is 1. The van der Waals surface area contributed by atoms with E-state index in [2.05, 4.69) is 43.2 Å². The molecule has 1 fully saturated rings. The van der Waals surface area contributed by atoms with Crippen LogP contribution in [0.5, 0.6) is 0 Å². The predicted octanol–water partition coefficient (Wildman–Crippen LogP) is 1.98. The molecule has 0 aromatic rings. The normalized spacial score (nSPS) is 21.2. The number of likely N-dealkylation sites (tertiary alicyclic amines) is 1. The van der Waals surface area contributed by atoms with Crippen molar-refractivity contribution in [1.29, 1.82) is 0 Å². The molecular weight excluding hydrogens is 230 g/mol. The lowest BCUT2D eigenvalue weighted by atomic mass is 10.1. The minimum absolute atomic E-state index is 0.411. The van der Waals surface area contributed by atoms with E-state index >= 15 is 0 Å². The van der Waals surface area contributed by atoms with Gasteiger partial charge in [0.05, 0.1) is 0 Å². The molecule has 0 spiro atoms. The molecule has 2 N–H and O–H groups in total. The van der Waals surface area contributed by atoms with Crippen LogP contribution >= 0.6 is 12.2 Å². The predicted molar refractivity (Wildman–Crippen MR) is 78.3 cm³/mol. The maximum Gasteiger partial charge on any atom is 0.166 e. The van der Waals surface area contributed by atoms with Crippen LogP contribution in [0.4, 0.5) is 0 Å². The molecule has 0 radical (unpaired) electrons. The summed E-state index contributed by atoms with van der Waals surface area (Å²) in [6.45, 7) is 12.3. The van der Waals surface area contributed by atoms with E-state index in [1.54, 1.807) is 0 Å². The van der Waals surface area contributed by atoms with Crippen molar-refractivity contribution in [3.63, 3.8) is 0 Å². The minimum atomic E-state index is 0.411. The summed E-state index contributed by atoms with van der Waals surface area (Å²) in [6, 6.07) is 0.939. The van der Waals surface area contributed by atoms with Crippen LogP contribution in [0.25, 0.3) is 0 Å². The van der Waals surface area contributed by atoms with Crippen LogP contribution in [0.3, 0.4) is 0 Å². The van der Waals surface area contributed by atoms with E-state index in [9.17, 15) is 0 Å². The van der Waals surface area contributed by atoms with Crippen molar-refractivity contribution in [3.05, 3.63) is 0 Å². The Balaban J connectivity index is 2.19. The standard InChI is InChI=1S/C13H27N3S/c1-10(2)5-7-16-8-6-12(9-16)15-13(17)14-11(3)4/h10-12H,5-9H2,1-4H3,(H2,14,15,17)/t12-/m1/s1. The lowest BCUT2D eigenvalue weighted by molar-refractivity contribution is 0.308. The Labute approximate surface area is 111 Å². The van der Waals surface area contributed by atoms with Gasteiger partial charge in [0.15, 0.2) is 5.11 Å². The highest BCUT2D eigenvalue weighted by Crippen LogP contribution is 2.11. The average molecular weight is 257 g/mol. The minimum Gasteiger partial charge on any atom is -0.361 e. The zero-order chi connectivity index (χ0) is 12.8. The molecule has 0 amide bonds. The lowest BCUT2D eigenvalue weighted by Gasteiger charge is -2.19. The zero-order valence-corrected chi connectivity index (χ0v) is 12.4. The summed E-state index contributed by atoms with van der Waals surface area (Å²) in [5, 5.41) is 7.44. The number of nitrogens with one attached hydrogen (secondary N) is 2. The van der Waals surface area contributed by atoms with Gasteiger partial charge in [-0.05, 0) is 51.4 Å². The second kappa shape index (κ2) is 7.17.